The first kappa shape index (κ1) is 14.3. The Balaban J connectivity index is 1.83. The van der Waals surface area contributed by atoms with Gasteiger partial charge in [-0.1, -0.05) is 35.9 Å². The molecule has 1 fully saturated rings. The molecule has 1 amide bonds. The van der Waals surface area contributed by atoms with Gasteiger partial charge in [0.25, 0.3) is 0 Å². The van der Waals surface area contributed by atoms with Gasteiger partial charge in [-0.2, -0.15) is 0 Å². The van der Waals surface area contributed by atoms with Crippen LogP contribution in [0.2, 0.25) is 0 Å². The summed E-state index contributed by atoms with van der Waals surface area (Å²) in [6.45, 7) is 3.97. The zero-order valence-electron chi connectivity index (χ0n) is 12.9. The van der Waals surface area contributed by atoms with Crippen LogP contribution in [0.5, 0.6) is 0 Å². The van der Waals surface area contributed by atoms with Crippen LogP contribution in [0, 0.1) is 6.92 Å². The van der Waals surface area contributed by atoms with Crippen LogP contribution in [-0.4, -0.2) is 11.3 Å². The first-order valence-corrected chi connectivity index (χ1v) is 7.99. The summed E-state index contributed by atoms with van der Waals surface area (Å²) < 4.78 is 5.99. The van der Waals surface area contributed by atoms with Gasteiger partial charge in [-0.05, 0) is 38.1 Å². The summed E-state index contributed by atoms with van der Waals surface area (Å²) in [4.78, 5) is 14.1. The number of halogens is 1. The Morgan fingerprint density at radius 2 is 1.83 bits per heavy atom. The molecule has 1 aromatic heterocycles. The van der Waals surface area contributed by atoms with Crippen LogP contribution >= 0.6 is 11.6 Å². The topological polar surface area (TPSA) is 33.5 Å². The largest absolute Gasteiger partial charge is 0.458 e. The van der Waals surface area contributed by atoms with Gasteiger partial charge in [-0.3, -0.25) is 9.69 Å². The number of β-lactam (4-membered cyclic amide) rings is 1. The smallest absolute Gasteiger partial charge is 0.248 e. The Bertz CT molecular complexity index is 866. The fourth-order valence-electron chi connectivity index (χ4n) is 3.19. The average Bonchev–Trinajstić information content (AvgIpc) is 3.00. The number of benzene rings is 2. The van der Waals surface area contributed by atoms with Crippen molar-refractivity contribution in [1.82, 2.24) is 0 Å². The number of amides is 1. The third-order valence-corrected chi connectivity index (χ3v) is 5.22. The molecule has 2 heterocycles. The Labute approximate surface area is 139 Å². The van der Waals surface area contributed by atoms with Crippen molar-refractivity contribution in [2.24, 2.45) is 0 Å². The molecule has 0 saturated carbocycles. The highest BCUT2D eigenvalue weighted by atomic mass is 35.5. The van der Waals surface area contributed by atoms with E-state index in [1.165, 1.54) is 0 Å². The predicted molar refractivity (Wildman–Crippen MR) is 91.9 cm³/mol. The molecule has 4 heteroatoms. The molecule has 3 aromatic rings. The van der Waals surface area contributed by atoms with E-state index in [-0.39, 0.29) is 5.91 Å². The first-order chi connectivity index (χ1) is 11.0. The van der Waals surface area contributed by atoms with E-state index in [0.29, 0.717) is 5.76 Å². The molecule has 1 saturated heterocycles. The normalized spacial score (nSPS) is 24.0. The number of fused-ring (bicyclic) bond motifs is 1. The number of hydrogen-bond donors (Lipinski definition) is 0. The SMILES string of the molecule is Cc1ccc(N2C(=O)C(Cl)C2(C)c2cc3ccccc3o2)cc1. The van der Waals surface area contributed by atoms with Crippen molar-refractivity contribution in [3.05, 3.63) is 65.9 Å². The third kappa shape index (κ3) is 1.93. The number of para-hydroxylation sites is 1. The number of anilines is 1. The number of aryl methyl sites for hydroxylation is 1. The first-order valence-electron chi connectivity index (χ1n) is 7.55. The lowest BCUT2D eigenvalue weighted by Crippen LogP contribution is -2.69. The van der Waals surface area contributed by atoms with Crippen LogP contribution in [0.4, 0.5) is 5.69 Å². The maximum Gasteiger partial charge on any atom is 0.248 e. The zero-order valence-corrected chi connectivity index (χ0v) is 13.7. The van der Waals surface area contributed by atoms with E-state index >= 15 is 0 Å². The van der Waals surface area contributed by atoms with Gasteiger partial charge < -0.3 is 4.42 Å². The fourth-order valence-corrected chi connectivity index (χ4v) is 3.49. The average molecular weight is 326 g/mol. The maximum absolute atomic E-state index is 12.4. The van der Waals surface area contributed by atoms with Gasteiger partial charge in [-0.15, -0.1) is 11.6 Å². The second-order valence-electron chi connectivity index (χ2n) is 6.17. The van der Waals surface area contributed by atoms with Gasteiger partial charge in [0.15, 0.2) is 0 Å². The molecule has 0 spiro atoms. The number of nitrogens with zero attached hydrogens (tertiary/aromatic N) is 1. The number of hydrogen-bond acceptors (Lipinski definition) is 2. The lowest BCUT2D eigenvalue weighted by Gasteiger charge is -2.51. The molecule has 2 atom stereocenters. The lowest BCUT2D eigenvalue weighted by molar-refractivity contribution is -0.127. The van der Waals surface area contributed by atoms with Crippen molar-refractivity contribution >= 4 is 34.2 Å². The van der Waals surface area contributed by atoms with Crippen LogP contribution in [0.15, 0.2) is 59.0 Å². The molecule has 4 rings (SSSR count). The van der Waals surface area contributed by atoms with Crippen LogP contribution < -0.4 is 4.90 Å². The van der Waals surface area contributed by atoms with Gasteiger partial charge in [0.05, 0.1) is 0 Å². The summed E-state index contributed by atoms with van der Waals surface area (Å²) in [5, 5.41) is 0.375. The van der Waals surface area contributed by atoms with E-state index in [0.717, 1.165) is 22.2 Å². The summed E-state index contributed by atoms with van der Waals surface area (Å²) >= 11 is 6.39. The van der Waals surface area contributed by atoms with Crippen molar-refractivity contribution in [3.8, 4) is 0 Å². The summed E-state index contributed by atoms with van der Waals surface area (Å²) in [5.74, 6) is 0.609. The molecular formula is C19H16ClNO2. The van der Waals surface area contributed by atoms with Crippen LogP contribution in [0.1, 0.15) is 18.2 Å². The van der Waals surface area contributed by atoms with Crippen molar-refractivity contribution in [2.75, 3.05) is 4.90 Å². The van der Waals surface area contributed by atoms with E-state index in [4.69, 9.17) is 16.0 Å². The van der Waals surface area contributed by atoms with Crippen LogP contribution in [-0.2, 0) is 10.3 Å². The van der Waals surface area contributed by atoms with Gasteiger partial charge >= 0.3 is 0 Å². The molecule has 2 unspecified atom stereocenters. The molecular weight excluding hydrogens is 310 g/mol. The zero-order chi connectivity index (χ0) is 16.2. The highest BCUT2D eigenvalue weighted by Crippen LogP contribution is 2.48. The number of carbonyl (C=O) groups excluding carboxylic acids is 1. The van der Waals surface area contributed by atoms with E-state index in [1.807, 2.05) is 68.4 Å². The van der Waals surface area contributed by atoms with Gasteiger partial charge in [0.1, 0.15) is 22.3 Å². The Morgan fingerprint density at radius 1 is 1.13 bits per heavy atom. The lowest BCUT2D eigenvalue weighted by atomic mass is 9.82. The minimum absolute atomic E-state index is 0.0986. The fraction of sp³-hybridized carbons (Fsp3) is 0.211. The molecule has 116 valence electrons. The number of rotatable bonds is 2. The van der Waals surface area contributed by atoms with Crippen molar-refractivity contribution in [1.29, 1.82) is 0 Å². The summed E-state index contributed by atoms with van der Waals surface area (Å²) in [6, 6.07) is 17.6. The standard InChI is InChI=1S/C19H16ClNO2/c1-12-7-9-14(10-8-12)21-18(22)17(20)19(21,2)16-11-13-5-3-4-6-15(13)23-16/h3-11,17H,1-2H3. The Kier molecular flexibility index (Phi) is 3.03. The molecule has 2 aromatic carbocycles. The molecule has 1 aliphatic rings. The van der Waals surface area contributed by atoms with E-state index in [9.17, 15) is 4.79 Å². The Morgan fingerprint density at radius 3 is 2.52 bits per heavy atom. The molecule has 1 aliphatic heterocycles. The number of alkyl halides is 1. The predicted octanol–water partition coefficient (Wildman–Crippen LogP) is 4.61. The van der Waals surface area contributed by atoms with Crippen molar-refractivity contribution in [2.45, 2.75) is 24.8 Å². The molecule has 23 heavy (non-hydrogen) atoms. The second kappa shape index (κ2) is 4.87. The highest BCUT2D eigenvalue weighted by molar-refractivity contribution is 6.38. The van der Waals surface area contributed by atoms with Crippen LogP contribution in [0.3, 0.4) is 0 Å². The van der Waals surface area contributed by atoms with Crippen molar-refractivity contribution in [3.63, 3.8) is 0 Å². The maximum atomic E-state index is 12.4. The van der Waals surface area contributed by atoms with E-state index in [1.54, 1.807) is 4.90 Å². The van der Waals surface area contributed by atoms with Crippen molar-refractivity contribution < 1.29 is 9.21 Å². The van der Waals surface area contributed by atoms with Crippen LogP contribution in [0.25, 0.3) is 11.0 Å². The molecule has 0 N–H and O–H groups in total. The van der Waals surface area contributed by atoms with Gasteiger partial charge in [0, 0.05) is 11.1 Å². The molecule has 3 nitrogen and oxygen atoms in total. The van der Waals surface area contributed by atoms with Gasteiger partial charge in [0.2, 0.25) is 5.91 Å². The molecule has 0 bridgehead atoms. The molecule has 0 radical (unpaired) electrons. The number of furan rings is 1. The second-order valence-corrected chi connectivity index (χ2v) is 6.60. The van der Waals surface area contributed by atoms with E-state index in [2.05, 4.69) is 0 Å². The summed E-state index contributed by atoms with van der Waals surface area (Å²) in [6.07, 6.45) is 0. The minimum atomic E-state index is -0.688. The number of carbonyl (C=O) groups is 1. The van der Waals surface area contributed by atoms with E-state index < -0.39 is 10.9 Å². The Hall–Kier alpha value is -2.26. The quantitative estimate of drug-likeness (QED) is 0.509. The minimum Gasteiger partial charge on any atom is -0.458 e. The monoisotopic (exact) mass is 325 g/mol. The van der Waals surface area contributed by atoms with Gasteiger partial charge in [-0.25, -0.2) is 0 Å². The summed E-state index contributed by atoms with van der Waals surface area (Å²) in [7, 11) is 0. The summed E-state index contributed by atoms with van der Waals surface area (Å²) in [5.41, 5.74) is 2.10. The molecule has 0 aliphatic carbocycles. The highest BCUT2D eigenvalue weighted by Gasteiger charge is 2.60. The third-order valence-electron chi connectivity index (χ3n) is 4.61.